The third kappa shape index (κ3) is 5.91. The third-order valence-electron chi connectivity index (χ3n) is 6.22. The first kappa shape index (κ1) is 25.7. The SMILES string of the molecule is Cc1cc(NC(=O)N2CCC[C@@H]2C(=O)Nc2ccc(-c3ccc(C(=O)O)cc3)cc2)ccc1C(F)(F)F. The lowest BCUT2D eigenvalue weighted by Crippen LogP contribution is -2.45. The van der Waals surface area contributed by atoms with Crippen molar-refractivity contribution in [3.63, 3.8) is 0 Å². The molecule has 3 aromatic carbocycles. The Balaban J connectivity index is 1.39. The summed E-state index contributed by atoms with van der Waals surface area (Å²) in [6, 6.07) is 15.5. The van der Waals surface area contributed by atoms with Gasteiger partial charge in [0.15, 0.2) is 0 Å². The van der Waals surface area contributed by atoms with Gasteiger partial charge in [0.2, 0.25) is 5.91 Å². The van der Waals surface area contributed by atoms with Gasteiger partial charge >= 0.3 is 18.2 Å². The number of nitrogens with one attached hydrogen (secondary N) is 2. The van der Waals surface area contributed by atoms with Gasteiger partial charge in [-0.05, 0) is 78.9 Å². The zero-order valence-corrected chi connectivity index (χ0v) is 19.8. The normalized spacial score (nSPS) is 15.4. The van der Waals surface area contributed by atoms with Crippen LogP contribution in [0.1, 0.15) is 34.3 Å². The highest BCUT2D eigenvalue weighted by atomic mass is 19.4. The maximum Gasteiger partial charge on any atom is 0.416 e. The number of hydrogen-bond acceptors (Lipinski definition) is 3. The molecule has 192 valence electrons. The van der Waals surface area contributed by atoms with Crippen molar-refractivity contribution < 1.29 is 32.7 Å². The average molecular weight is 512 g/mol. The lowest BCUT2D eigenvalue weighted by Gasteiger charge is -2.24. The van der Waals surface area contributed by atoms with Crippen molar-refractivity contribution in [1.82, 2.24) is 4.90 Å². The number of nitrogens with zero attached hydrogens (tertiary/aromatic N) is 1. The molecule has 1 saturated heterocycles. The number of carboxylic acid groups (broad SMARTS) is 1. The minimum absolute atomic E-state index is 0.0118. The van der Waals surface area contributed by atoms with Crippen LogP contribution in [0.25, 0.3) is 11.1 Å². The smallest absolute Gasteiger partial charge is 0.416 e. The highest BCUT2D eigenvalue weighted by Crippen LogP contribution is 2.33. The molecular weight excluding hydrogens is 487 g/mol. The van der Waals surface area contributed by atoms with Gasteiger partial charge < -0.3 is 20.6 Å². The topological polar surface area (TPSA) is 98.7 Å². The first-order valence-electron chi connectivity index (χ1n) is 11.5. The second-order valence-electron chi connectivity index (χ2n) is 8.76. The van der Waals surface area contributed by atoms with Gasteiger partial charge in [-0.1, -0.05) is 24.3 Å². The number of likely N-dealkylation sites (tertiary alicyclic amines) is 1. The summed E-state index contributed by atoms with van der Waals surface area (Å²) in [6.07, 6.45) is -3.41. The largest absolute Gasteiger partial charge is 0.478 e. The molecule has 3 amide bonds. The van der Waals surface area contributed by atoms with Crippen LogP contribution >= 0.6 is 0 Å². The predicted molar refractivity (Wildman–Crippen MR) is 132 cm³/mol. The molecule has 0 unspecified atom stereocenters. The van der Waals surface area contributed by atoms with Crippen LogP contribution in [0.4, 0.5) is 29.3 Å². The van der Waals surface area contributed by atoms with Crippen molar-refractivity contribution in [2.24, 2.45) is 0 Å². The molecule has 37 heavy (non-hydrogen) atoms. The fourth-order valence-corrected chi connectivity index (χ4v) is 4.31. The van der Waals surface area contributed by atoms with Crippen LogP contribution in [-0.2, 0) is 11.0 Å². The average Bonchev–Trinajstić information content (AvgIpc) is 3.34. The Morgan fingerprint density at radius 1 is 0.892 bits per heavy atom. The van der Waals surface area contributed by atoms with Gasteiger partial charge in [0, 0.05) is 17.9 Å². The Bertz CT molecular complexity index is 1320. The van der Waals surface area contributed by atoms with E-state index in [1.54, 1.807) is 36.4 Å². The number of urea groups is 1. The standard InChI is InChI=1S/C27H24F3N3O4/c1-16-15-21(12-13-22(16)27(28,29)30)32-26(37)33-14-2-3-23(33)24(34)31-20-10-8-18(9-11-20)17-4-6-19(7-5-17)25(35)36/h4-13,15,23H,2-3,14H2,1H3,(H,31,34)(H,32,37)(H,35,36)/t23-/m1/s1. The summed E-state index contributed by atoms with van der Waals surface area (Å²) in [5.74, 6) is -1.37. The van der Waals surface area contributed by atoms with E-state index < -0.39 is 29.8 Å². The van der Waals surface area contributed by atoms with E-state index in [0.717, 1.165) is 17.2 Å². The summed E-state index contributed by atoms with van der Waals surface area (Å²) in [4.78, 5) is 38.1. The number of carbonyl (C=O) groups is 3. The van der Waals surface area contributed by atoms with Crippen molar-refractivity contribution >= 4 is 29.3 Å². The summed E-state index contributed by atoms with van der Waals surface area (Å²) in [5, 5.41) is 14.4. The zero-order valence-electron chi connectivity index (χ0n) is 19.8. The monoisotopic (exact) mass is 511 g/mol. The lowest BCUT2D eigenvalue weighted by molar-refractivity contribution is -0.138. The summed E-state index contributed by atoms with van der Waals surface area (Å²) in [6.45, 7) is 1.66. The number of alkyl halides is 3. The first-order chi connectivity index (χ1) is 17.5. The molecule has 4 rings (SSSR count). The Morgan fingerprint density at radius 3 is 2.05 bits per heavy atom. The van der Waals surface area contributed by atoms with Crippen LogP contribution in [0.3, 0.4) is 0 Å². The second kappa shape index (κ2) is 10.3. The van der Waals surface area contributed by atoms with E-state index in [1.165, 1.54) is 36.1 Å². The van der Waals surface area contributed by atoms with E-state index in [2.05, 4.69) is 10.6 Å². The summed E-state index contributed by atoms with van der Waals surface area (Å²) < 4.78 is 39.0. The van der Waals surface area contributed by atoms with Gasteiger partial charge in [-0.15, -0.1) is 0 Å². The molecule has 1 fully saturated rings. The highest BCUT2D eigenvalue weighted by molar-refractivity contribution is 5.99. The molecular formula is C27H24F3N3O4. The van der Waals surface area contributed by atoms with Gasteiger partial charge in [0.1, 0.15) is 6.04 Å². The van der Waals surface area contributed by atoms with E-state index in [1.807, 2.05) is 0 Å². The van der Waals surface area contributed by atoms with E-state index in [0.29, 0.717) is 25.1 Å². The number of anilines is 2. The van der Waals surface area contributed by atoms with Crippen LogP contribution < -0.4 is 10.6 Å². The molecule has 1 aliphatic heterocycles. The van der Waals surface area contributed by atoms with Gasteiger partial charge in [0.05, 0.1) is 11.1 Å². The molecule has 7 nitrogen and oxygen atoms in total. The van der Waals surface area contributed by atoms with Crippen molar-refractivity contribution in [3.8, 4) is 11.1 Å². The predicted octanol–water partition coefficient (Wildman–Crippen LogP) is 6.01. The molecule has 1 aliphatic rings. The van der Waals surface area contributed by atoms with E-state index >= 15 is 0 Å². The second-order valence-corrected chi connectivity index (χ2v) is 8.76. The van der Waals surface area contributed by atoms with E-state index in [4.69, 9.17) is 5.11 Å². The first-order valence-corrected chi connectivity index (χ1v) is 11.5. The number of amides is 3. The number of hydrogen-bond donors (Lipinski definition) is 3. The molecule has 1 heterocycles. The van der Waals surface area contributed by atoms with Crippen LogP contribution in [0.15, 0.2) is 66.7 Å². The number of aryl methyl sites for hydroxylation is 1. The Labute approximate surface area is 210 Å². The molecule has 3 N–H and O–H groups in total. The van der Waals surface area contributed by atoms with Gasteiger partial charge in [-0.3, -0.25) is 4.79 Å². The molecule has 0 saturated carbocycles. The number of rotatable bonds is 5. The maximum atomic E-state index is 13.0. The van der Waals surface area contributed by atoms with Crippen LogP contribution in [0.2, 0.25) is 0 Å². The fourth-order valence-electron chi connectivity index (χ4n) is 4.31. The van der Waals surface area contributed by atoms with Gasteiger partial charge in [-0.2, -0.15) is 13.2 Å². The number of carboxylic acids is 1. The molecule has 0 aromatic heterocycles. The zero-order chi connectivity index (χ0) is 26.7. The third-order valence-corrected chi connectivity index (χ3v) is 6.22. The molecule has 3 aromatic rings. The van der Waals surface area contributed by atoms with E-state index in [-0.39, 0.29) is 22.7 Å². The van der Waals surface area contributed by atoms with Crippen molar-refractivity contribution in [2.45, 2.75) is 32.0 Å². The van der Waals surface area contributed by atoms with E-state index in [9.17, 15) is 27.6 Å². The molecule has 0 bridgehead atoms. The molecule has 0 radical (unpaired) electrons. The van der Waals surface area contributed by atoms with Crippen molar-refractivity contribution in [2.75, 3.05) is 17.2 Å². The summed E-state index contributed by atoms with van der Waals surface area (Å²) >= 11 is 0. The van der Waals surface area contributed by atoms with Crippen molar-refractivity contribution in [1.29, 1.82) is 0 Å². The van der Waals surface area contributed by atoms with Crippen molar-refractivity contribution in [3.05, 3.63) is 83.4 Å². The van der Waals surface area contributed by atoms with Crippen LogP contribution in [-0.4, -0.2) is 40.5 Å². The van der Waals surface area contributed by atoms with Gasteiger partial charge in [-0.25, -0.2) is 9.59 Å². The number of benzene rings is 3. The number of halogens is 3. The Hall–Kier alpha value is -4.34. The quantitative estimate of drug-likeness (QED) is 0.391. The van der Waals surface area contributed by atoms with Crippen LogP contribution in [0, 0.1) is 6.92 Å². The Morgan fingerprint density at radius 2 is 1.49 bits per heavy atom. The minimum Gasteiger partial charge on any atom is -0.478 e. The maximum absolute atomic E-state index is 13.0. The van der Waals surface area contributed by atoms with Crippen LogP contribution in [0.5, 0.6) is 0 Å². The fraction of sp³-hybridized carbons (Fsp3) is 0.222. The summed E-state index contributed by atoms with van der Waals surface area (Å²) in [5.41, 5.74) is 1.81. The molecule has 0 spiro atoms. The summed E-state index contributed by atoms with van der Waals surface area (Å²) in [7, 11) is 0. The lowest BCUT2D eigenvalue weighted by atomic mass is 10.0. The minimum atomic E-state index is -4.48. The number of carbonyl (C=O) groups excluding carboxylic acids is 2. The number of aromatic carboxylic acids is 1. The molecule has 10 heteroatoms. The Kier molecular flexibility index (Phi) is 7.19. The highest BCUT2D eigenvalue weighted by Gasteiger charge is 2.35. The molecule has 1 atom stereocenters. The molecule has 0 aliphatic carbocycles. The van der Waals surface area contributed by atoms with Gasteiger partial charge in [0.25, 0.3) is 0 Å².